The Balaban J connectivity index is 2.30. The highest BCUT2D eigenvalue weighted by Crippen LogP contribution is 2.32. The number of benzene rings is 1. The lowest BCUT2D eigenvalue weighted by Crippen LogP contribution is -2.11. The van der Waals surface area contributed by atoms with E-state index in [9.17, 15) is 9.90 Å². The van der Waals surface area contributed by atoms with E-state index in [4.69, 9.17) is 11.6 Å². The number of nitrogens with one attached hydrogen (secondary N) is 1. The number of nitrogens with zero attached hydrogens (tertiary/aromatic N) is 1. The maximum Gasteiger partial charge on any atom is 0.267 e. The van der Waals surface area contributed by atoms with E-state index in [1.165, 1.54) is 6.20 Å². The quantitative estimate of drug-likeness (QED) is 0.868. The number of aromatic nitrogens is 1. The van der Waals surface area contributed by atoms with Crippen molar-refractivity contribution >= 4 is 50.5 Å². The minimum atomic E-state index is -0.311. The summed E-state index contributed by atoms with van der Waals surface area (Å²) in [5.41, 5.74) is 1.12. The lowest BCUT2D eigenvalue weighted by atomic mass is 10.2. The van der Waals surface area contributed by atoms with Gasteiger partial charge in [0, 0.05) is 10.0 Å². The number of halogens is 2. The van der Waals surface area contributed by atoms with Crippen LogP contribution in [0.25, 0.3) is 0 Å². The number of aromatic hydroxyl groups is 1. The fraction of sp³-hybridized carbons (Fsp3) is 0.0909. The predicted molar refractivity (Wildman–Crippen MR) is 75.6 cm³/mol. The molecule has 0 spiro atoms. The standard InChI is InChI=1S/C11H8BrClN2O2S/c1-5-7(16)3-2-6(12)9(5)15-10(17)8-4-14-11(13)18-8/h2-4,16H,1H3,(H,15,17). The Hall–Kier alpha value is -1.11. The summed E-state index contributed by atoms with van der Waals surface area (Å²) in [6.07, 6.45) is 1.41. The molecule has 7 heteroatoms. The van der Waals surface area contributed by atoms with Crippen molar-refractivity contribution in [3.63, 3.8) is 0 Å². The van der Waals surface area contributed by atoms with E-state index >= 15 is 0 Å². The van der Waals surface area contributed by atoms with Gasteiger partial charge in [0.15, 0.2) is 4.47 Å². The molecule has 1 aromatic carbocycles. The van der Waals surface area contributed by atoms with Crippen LogP contribution in [0.5, 0.6) is 5.75 Å². The van der Waals surface area contributed by atoms with Crippen molar-refractivity contribution in [3.8, 4) is 5.75 Å². The van der Waals surface area contributed by atoms with Gasteiger partial charge in [-0.25, -0.2) is 4.98 Å². The van der Waals surface area contributed by atoms with E-state index < -0.39 is 0 Å². The largest absolute Gasteiger partial charge is 0.508 e. The monoisotopic (exact) mass is 346 g/mol. The molecular formula is C11H8BrClN2O2S. The molecule has 4 nitrogen and oxygen atoms in total. The maximum atomic E-state index is 11.9. The first-order valence-corrected chi connectivity index (χ1v) is 6.88. The van der Waals surface area contributed by atoms with Crippen LogP contribution in [0.1, 0.15) is 15.2 Å². The molecule has 0 atom stereocenters. The summed E-state index contributed by atoms with van der Waals surface area (Å²) in [5, 5.41) is 12.3. The fourth-order valence-corrected chi connectivity index (χ4v) is 2.72. The number of phenolic OH excluding ortho intramolecular Hbond substituents is 1. The van der Waals surface area contributed by atoms with Gasteiger partial charge in [0.1, 0.15) is 10.6 Å². The van der Waals surface area contributed by atoms with Gasteiger partial charge >= 0.3 is 0 Å². The summed E-state index contributed by atoms with van der Waals surface area (Å²) in [5.74, 6) is -0.190. The number of carbonyl (C=O) groups is 1. The molecule has 0 saturated heterocycles. The van der Waals surface area contributed by atoms with Crippen LogP contribution in [0.2, 0.25) is 4.47 Å². The van der Waals surface area contributed by atoms with Crippen LogP contribution in [0.3, 0.4) is 0 Å². The SMILES string of the molecule is Cc1c(O)ccc(Br)c1NC(=O)c1cnc(Cl)s1. The number of rotatable bonds is 2. The zero-order valence-electron chi connectivity index (χ0n) is 9.20. The molecular weight excluding hydrogens is 340 g/mol. The number of phenols is 1. The zero-order valence-corrected chi connectivity index (χ0v) is 12.4. The molecule has 0 saturated carbocycles. The highest BCUT2D eigenvalue weighted by Gasteiger charge is 2.14. The van der Waals surface area contributed by atoms with Crippen LogP contribution >= 0.6 is 38.9 Å². The summed E-state index contributed by atoms with van der Waals surface area (Å²) in [6.45, 7) is 1.72. The predicted octanol–water partition coefficient (Wildman–Crippen LogP) is 3.83. The summed E-state index contributed by atoms with van der Waals surface area (Å²) in [6, 6.07) is 3.22. The van der Waals surface area contributed by atoms with Gasteiger partial charge in [0.25, 0.3) is 5.91 Å². The molecule has 0 radical (unpaired) electrons. The van der Waals surface area contributed by atoms with Crippen molar-refractivity contribution in [3.05, 3.63) is 37.7 Å². The maximum absolute atomic E-state index is 11.9. The van der Waals surface area contributed by atoms with Gasteiger partial charge in [-0.2, -0.15) is 0 Å². The molecule has 2 N–H and O–H groups in total. The number of amides is 1. The zero-order chi connectivity index (χ0) is 13.3. The van der Waals surface area contributed by atoms with Crippen molar-refractivity contribution in [1.82, 2.24) is 4.98 Å². The van der Waals surface area contributed by atoms with Crippen LogP contribution in [0, 0.1) is 6.92 Å². The normalized spacial score (nSPS) is 10.4. The third-order valence-corrected chi connectivity index (χ3v) is 4.10. The highest BCUT2D eigenvalue weighted by atomic mass is 79.9. The van der Waals surface area contributed by atoms with Gasteiger partial charge in [-0.15, -0.1) is 0 Å². The van der Waals surface area contributed by atoms with Crippen molar-refractivity contribution in [2.45, 2.75) is 6.92 Å². The van der Waals surface area contributed by atoms with E-state index in [2.05, 4.69) is 26.2 Å². The van der Waals surface area contributed by atoms with Gasteiger partial charge in [-0.3, -0.25) is 4.79 Å². The second-order valence-electron chi connectivity index (χ2n) is 3.50. The first kappa shape index (κ1) is 13.3. The number of hydrogen-bond donors (Lipinski definition) is 2. The second kappa shape index (κ2) is 5.26. The van der Waals surface area contributed by atoms with Crippen LogP contribution < -0.4 is 5.32 Å². The second-order valence-corrected chi connectivity index (χ2v) is 5.97. The average Bonchev–Trinajstić information content (AvgIpc) is 2.76. The third-order valence-electron chi connectivity index (χ3n) is 2.33. The first-order valence-electron chi connectivity index (χ1n) is 4.90. The van der Waals surface area contributed by atoms with Crippen LogP contribution in [-0.4, -0.2) is 16.0 Å². The van der Waals surface area contributed by atoms with Gasteiger partial charge < -0.3 is 10.4 Å². The van der Waals surface area contributed by atoms with Gasteiger partial charge in [-0.1, -0.05) is 22.9 Å². The molecule has 0 aliphatic carbocycles. The summed E-state index contributed by atoms with van der Waals surface area (Å²) in [7, 11) is 0. The third kappa shape index (κ3) is 2.66. The molecule has 0 aliphatic rings. The fourth-order valence-electron chi connectivity index (χ4n) is 1.35. The summed E-state index contributed by atoms with van der Waals surface area (Å²) < 4.78 is 1.01. The molecule has 0 unspecified atom stereocenters. The van der Waals surface area contributed by atoms with Crippen LogP contribution in [-0.2, 0) is 0 Å². The lowest BCUT2D eigenvalue weighted by Gasteiger charge is -2.10. The molecule has 1 heterocycles. The van der Waals surface area contributed by atoms with Gasteiger partial charge in [0.05, 0.1) is 11.9 Å². The molecule has 2 rings (SSSR count). The molecule has 0 fully saturated rings. The first-order chi connectivity index (χ1) is 8.49. The molecule has 2 aromatic rings. The van der Waals surface area contributed by atoms with E-state index in [0.29, 0.717) is 25.1 Å². The van der Waals surface area contributed by atoms with E-state index in [1.54, 1.807) is 19.1 Å². The van der Waals surface area contributed by atoms with Crippen molar-refractivity contribution < 1.29 is 9.90 Å². The Bertz CT molecular complexity index is 615. The minimum absolute atomic E-state index is 0.121. The summed E-state index contributed by atoms with van der Waals surface area (Å²) >= 11 is 10.1. The number of anilines is 1. The van der Waals surface area contributed by atoms with Gasteiger partial charge in [0.2, 0.25) is 0 Å². The smallest absolute Gasteiger partial charge is 0.267 e. The topological polar surface area (TPSA) is 62.2 Å². The molecule has 0 aliphatic heterocycles. The van der Waals surface area contributed by atoms with Crippen molar-refractivity contribution in [1.29, 1.82) is 0 Å². The molecule has 94 valence electrons. The lowest BCUT2D eigenvalue weighted by molar-refractivity contribution is 0.103. The number of carbonyl (C=O) groups excluding carboxylic acids is 1. The Kier molecular flexibility index (Phi) is 3.89. The van der Waals surface area contributed by atoms with Crippen LogP contribution in [0.4, 0.5) is 5.69 Å². The van der Waals surface area contributed by atoms with Crippen molar-refractivity contribution in [2.24, 2.45) is 0 Å². The van der Waals surface area contributed by atoms with E-state index in [0.717, 1.165) is 11.3 Å². The molecule has 1 aromatic heterocycles. The highest BCUT2D eigenvalue weighted by molar-refractivity contribution is 9.10. The Morgan fingerprint density at radius 2 is 2.28 bits per heavy atom. The minimum Gasteiger partial charge on any atom is -0.508 e. The number of thiazole rings is 1. The van der Waals surface area contributed by atoms with E-state index in [1.807, 2.05) is 0 Å². The van der Waals surface area contributed by atoms with Crippen molar-refractivity contribution in [2.75, 3.05) is 5.32 Å². The molecule has 1 amide bonds. The van der Waals surface area contributed by atoms with Crippen LogP contribution in [0.15, 0.2) is 22.8 Å². The Morgan fingerprint density at radius 3 is 2.89 bits per heavy atom. The molecule has 0 bridgehead atoms. The van der Waals surface area contributed by atoms with Gasteiger partial charge in [-0.05, 0) is 35.0 Å². The Labute approximate surface area is 121 Å². The van der Waals surface area contributed by atoms with E-state index in [-0.39, 0.29) is 11.7 Å². The Morgan fingerprint density at radius 1 is 1.56 bits per heavy atom. The summed E-state index contributed by atoms with van der Waals surface area (Å²) in [4.78, 5) is 16.2. The average molecular weight is 348 g/mol. The number of hydrogen-bond acceptors (Lipinski definition) is 4. The molecule has 18 heavy (non-hydrogen) atoms.